The third-order valence-electron chi connectivity index (χ3n) is 4.60. The van der Waals surface area contributed by atoms with Gasteiger partial charge in [-0.15, -0.1) is 11.3 Å². The maximum atomic E-state index is 4.88. The number of aryl methyl sites for hydroxylation is 1. The van der Waals surface area contributed by atoms with Crippen molar-refractivity contribution in [1.29, 1.82) is 0 Å². The zero-order chi connectivity index (χ0) is 13.9. The molecule has 3 rings (SSSR count). The molecule has 1 aromatic heterocycles. The third kappa shape index (κ3) is 3.34. The van der Waals surface area contributed by atoms with Gasteiger partial charge in [0.2, 0.25) is 0 Å². The minimum Gasteiger partial charge on any atom is -0.345 e. The maximum absolute atomic E-state index is 4.88. The van der Waals surface area contributed by atoms with Gasteiger partial charge in [-0.1, -0.05) is 19.8 Å². The minimum atomic E-state index is 0.701. The lowest BCUT2D eigenvalue weighted by atomic mass is 10.1. The molecular formula is C16H27N3S. The van der Waals surface area contributed by atoms with Crippen LogP contribution < -0.4 is 10.2 Å². The van der Waals surface area contributed by atoms with Gasteiger partial charge in [-0.25, -0.2) is 4.98 Å². The molecular weight excluding hydrogens is 266 g/mol. The van der Waals surface area contributed by atoms with Gasteiger partial charge in [0, 0.05) is 30.1 Å². The summed E-state index contributed by atoms with van der Waals surface area (Å²) in [5, 5.41) is 4.89. The zero-order valence-corrected chi connectivity index (χ0v) is 13.6. The normalized spacial score (nSPS) is 23.9. The topological polar surface area (TPSA) is 28.2 Å². The van der Waals surface area contributed by atoms with Gasteiger partial charge in [-0.05, 0) is 39.0 Å². The molecule has 1 N–H and O–H groups in total. The van der Waals surface area contributed by atoms with Crippen molar-refractivity contribution in [3.8, 4) is 0 Å². The first-order chi connectivity index (χ1) is 9.78. The van der Waals surface area contributed by atoms with Gasteiger partial charge in [0.1, 0.15) is 0 Å². The van der Waals surface area contributed by atoms with Crippen molar-refractivity contribution in [2.45, 2.75) is 77.4 Å². The molecule has 3 nitrogen and oxygen atoms in total. The monoisotopic (exact) mass is 293 g/mol. The Morgan fingerprint density at radius 1 is 1.25 bits per heavy atom. The summed E-state index contributed by atoms with van der Waals surface area (Å²) in [6.45, 7) is 6.70. The molecule has 20 heavy (non-hydrogen) atoms. The largest absolute Gasteiger partial charge is 0.345 e. The second-order valence-electron chi connectivity index (χ2n) is 6.27. The molecule has 1 aliphatic heterocycles. The number of nitrogens with one attached hydrogen (secondary N) is 1. The Morgan fingerprint density at radius 2 is 2.10 bits per heavy atom. The van der Waals surface area contributed by atoms with Crippen molar-refractivity contribution in [3.63, 3.8) is 0 Å². The Hall–Kier alpha value is -0.610. The predicted molar refractivity (Wildman–Crippen MR) is 86.6 cm³/mol. The Labute approximate surface area is 126 Å². The molecule has 0 amide bonds. The average molecular weight is 293 g/mol. The van der Waals surface area contributed by atoms with Crippen molar-refractivity contribution in [3.05, 3.63) is 10.6 Å². The Morgan fingerprint density at radius 3 is 2.85 bits per heavy atom. The van der Waals surface area contributed by atoms with E-state index >= 15 is 0 Å². The van der Waals surface area contributed by atoms with Crippen LogP contribution in [-0.2, 0) is 6.54 Å². The predicted octanol–water partition coefficient (Wildman–Crippen LogP) is 3.86. The molecule has 112 valence electrons. The van der Waals surface area contributed by atoms with Gasteiger partial charge < -0.3 is 10.2 Å². The highest BCUT2D eigenvalue weighted by Crippen LogP contribution is 2.32. The first-order valence-corrected chi connectivity index (χ1v) is 9.06. The van der Waals surface area contributed by atoms with E-state index in [0.717, 1.165) is 12.6 Å². The SMILES string of the molecule is CCC1CCCCCN1c1nc(C)c(CNC2CC2)s1. The van der Waals surface area contributed by atoms with E-state index in [9.17, 15) is 0 Å². The van der Waals surface area contributed by atoms with Crippen molar-refractivity contribution in [2.24, 2.45) is 0 Å². The van der Waals surface area contributed by atoms with Crippen LogP contribution in [-0.4, -0.2) is 23.6 Å². The molecule has 2 heterocycles. The first kappa shape index (κ1) is 14.3. The molecule has 2 fully saturated rings. The van der Waals surface area contributed by atoms with E-state index in [1.165, 1.54) is 67.2 Å². The van der Waals surface area contributed by atoms with Crippen LogP contribution in [0.3, 0.4) is 0 Å². The van der Waals surface area contributed by atoms with E-state index in [4.69, 9.17) is 4.98 Å². The van der Waals surface area contributed by atoms with Gasteiger partial charge in [0.25, 0.3) is 0 Å². The van der Waals surface area contributed by atoms with Gasteiger partial charge in [0.05, 0.1) is 5.69 Å². The Bertz CT molecular complexity index is 439. The van der Waals surface area contributed by atoms with Gasteiger partial charge in [-0.3, -0.25) is 0 Å². The summed E-state index contributed by atoms with van der Waals surface area (Å²) in [4.78, 5) is 8.90. The molecule has 1 aromatic rings. The molecule has 0 spiro atoms. The van der Waals surface area contributed by atoms with E-state index in [0.29, 0.717) is 6.04 Å². The highest BCUT2D eigenvalue weighted by molar-refractivity contribution is 7.15. The molecule has 1 saturated heterocycles. The van der Waals surface area contributed by atoms with Crippen LogP contribution in [0.5, 0.6) is 0 Å². The highest BCUT2D eigenvalue weighted by atomic mass is 32.1. The van der Waals surface area contributed by atoms with E-state index in [1.54, 1.807) is 0 Å². The summed E-state index contributed by atoms with van der Waals surface area (Å²) in [7, 11) is 0. The quantitative estimate of drug-likeness (QED) is 0.893. The maximum Gasteiger partial charge on any atom is 0.186 e. The third-order valence-corrected chi connectivity index (χ3v) is 5.80. The second kappa shape index (κ2) is 6.44. The molecule has 0 bridgehead atoms. The number of hydrogen-bond acceptors (Lipinski definition) is 4. The standard InChI is InChI=1S/C16H27N3S/c1-3-14-7-5-4-6-10-19(14)16-18-12(2)15(20-16)11-17-13-8-9-13/h13-14,17H,3-11H2,1-2H3. The van der Waals surface area contributed by atoms with Crippen LogP contribution in [0, 0.1) is 6.92 Å². The summed E-state index contributed by atoms with van der Waals surface area (Å²) in [6.07, 6.45) is 9.39. The molecule has 1 aliphatic carbocycles. The van der Waals surface area contributed by atoms with Crippen molar-refractivity contribution in [2.75, 3.05) is 11.4 Å². The lowest BCUT2D eigenvalue weighted by Crippen LogP contribution is -2.34. The molecule has 1 saturated carbocycles. The molecule has 4 heteroatoms. The fourth-order valence-corrected chi connectivity index (χ4v) is 4.19. The van der Waals surface area contributed by atoms with Gasteiger partial charge >= 0.3 is 0 Å². The van der Waals surface area contributed by atoms with Crippen LogP contribution in [0.1, 0.15) is 62.4 Å². The highest BCUT2D eigenvalue weighted by Gasteiger charge is 2.24. The zero-order valence-electron chi connectivity index (χ0n) is 12.8. The molecule has 0 radical (unpaired) electrons. The summed E-state index contributed by atoms with van der Waals surface area (Å²) in [5.74, 6) is 0. The van der Waals surface area contributed by atoms with E-state index < -0.39 is 0 Å². The molecule has 0 aromatic carbocycles. The lowest BCUT2D eigenvalue weighted by molar-refractivity contribution is 0.555. The summed E-state index contributed by atoms with van der Waals surface area (Å²) in [6, 6.07) is 1.48. The van der Waals surface area contributed by atoms with Crippen LogP contribution >= 0.6 is 11.3 Å². The summed E-state index contributed by atoms with van der Waals surface area (Å²) < 4.78 is 0. The van der Waals surface area contributed by atoms with E-state index in [1.807, 2.05) is 11.3 Å². The number of aromatic nitrogens is 1. The first-order valence-electron chi connectivity index (χ1n) is 8.24. The minimum absolute atomic E-state index is 0.701. The average Bonchev–Trinajstić information content (AvgIpc) is 3.24. The van der Waals surface area contributed by atoms with Crippen LogP contribution in [0.2, 0.25) is 0 Å². The van der Waals surface area contributed by atoms with Gasteiger partial charge in [-0.2, -0.15) is 0 Å². The van der Waals surface area contributed by atoms with Crippen LogP contribution in [0.15, 0.2) is 0 Å². The molecule has 2 aliphatic rings. The number of thiazole rings is 1. The second-order valence-corrected chi connectivity index (χ2v) is 7.33. The van der Waals surface area contributed by atoms with Gasteiger partial charge in [0.15, 0.2) is 5.13 Å². The van der Waals surface area contributed by atoms with Crippen LogP contribution in [0.4, 0.5) is 5.13 Å². The van der Waals surface area contributed by atoms with Crippen molar-refractivity contribution >= 4 is 16.5 Å². The number of anilines is 1. The van der Waals surface area contributed by atoms with Crippen molar-refractivity contribution < 1.29 is 0 Å². The Kier molecular flexibility index (Phi) is 4.61. The fraction of sp³-hybridized carbons (Fsp3) is 0.812. The van der Waals surface area contributed by atoms with E-state index in [-0.39, 0.29) is 0 Å². The smallest absolute Gasteiger partial charge is 0.186 e. The molecule has 1 unspecified atom stereocenters. The van der Waals surface area contributed by atoms with E-state index in [2.05, 4.69) is 24.1 Å². The summed E-state index contributed by atoms with van der Waals surface area (Å²) >= 11 is 1.92. The number of hydrogen-bond donors (Lipinski definition) is 1. The number of nitrogens with zero attached hydrogens (tertiary/aromatic N) is 2. The summed E-state index contributed by atoms with van der Waals surface area (Å²) in [5.41, 5.74) is 1.23. The fourth-order valence-electron chi connectivity index (χ4n) is 3.08. The van der Waals surface area contributed by atoms with Crippen LogP contribution in [0.25, 0.3) is 0 Å². The Balaban J connectivity index is 1.71. The van der Waals surface area contributed by atoms with Crippen molar-refractivity contribution in [1.82, 2.24) is 10.3 Å². The lowest BCUT2D eigenvalue weighted by Gasteiger charge is -2.28. The number of rotatable bonds is 5. The molecule has 1 atom stereocenters.